The molecule has 0 bridgehead atoms. The third-order valence-electron chi connectivity index (χ3n) is 5.16. The first kappa shape index (κ1) is 24.3. The Balaban J connectivity index is 1.91. The molecule has 3 aromatic rings. The normalized spacial score (nSPS) is 10.5. The topological polar surface area (TPSA) is 146 Å². The summed E-state index contributed by atoms with van der Waals surface area (Å²) in [5.41, 5.74) is 6.75. The number of carbonyl (C=O) groups excluding carboxylic acids is 1. The average molecular weight is 463 g/mol. The Bertz CT molecular complexity index is 1280. The maximum absolute atomic E-state index is 13.2. The van der Waals surface area contributed by atoms with E-state index in [1.807, 2.05) is 36.4 Å². The number of nitrogens with zero attached hydrogens (tertiary/aromatic N) is 3. The highest BCUT2D eigenvalue weighted by atomic mass is 16.5. The number of nitrogens with one attached hydrogen (secondary N) is 2. The zero-order valence-corrected chi connectivity index (χ0v) is 18.8. The lowest BCUT2D eigenvalue weighted by atomic mass is 10.2. The van der Waals surface area contributed by atoms with E-state index in [9.17, 15) is 14.4 Å². The van der Waals surface area contributed by atoms with Gasteiger partial charge in [-0.1, -0.05) is 30.3 Å². The Morgan fingerprint density at radius 2 is 1.88 bits per heavy atom. The molecule has 0 atom stereocenters. The Labute approximate surface area is 196 Å². The Kier molecular flexibility index (Phi) is 8.21. The minimum absolute atomic E-state index is 0.0849. The van der Waals surface area contributed by atoms with Crippen LogP contribution in [-0.2, 0) is 16.1 Å². The smallest absolute Gasteiger partial charge is 0.330 e. The number of methoxy groups -OCH3 is 1. The summed E-state index contributed by atoms with van der Waals surface area (Å²) in [5.74, 6) is -0.510. The van der Waals surface area contributed by atoms with Crippen LogP contribution in [0, 0.1) is 11.3 Å². The number of hydrogen-bond acceptors (Lipinski definition) is 7. The molecule has 34 heavy (non-hydrogen) atoms. The van der Waals surface area contributed by atoms with Crippen LogP contribution >= 0.6 is 0 Å². The van der Waals surface area contributed by atoms with E-state index in [1.165, 1.54) is 9.47 Å². The number of rotatable bonds is 10. The number of hydrogen-bond donors (Lipinski definition) is 3. The van der Waals surface area contributed by atoms with E-state index in [-0.39, 0.29) is 31.1 Å². The molecule has 1 heterocycles. The summed E-state index contributed by atoms with van der Waals surface area (Å²) in [7, 11) is 1.54. The fourth-order valence-corrected chi connectivity index (χ4v) is 3.43. The van der Waals surface area contributed by atoms with E-state index in [2.05, 4.69) is 10.3 Å². The van der Waals surface area contributed by atoms with Gasteiger partial charge in [-0.05, 0) is 36.2 Å². The van der Waals surface area contributed by atoms with Crippen molar-refractivity contribution in [1.29, 1.82) is 5.26 Å². The number of nitrogens with two attached hydrogens (primary N) is 1. The van der Waals surface area contributed by atoms with Gasteiger partial charge >= 0.3 is 5.69 Å². The molecule has 0 radical (unpaired) electrons. The second kappa shape index (κ2) is 11.5. The van der Waals surface area contributed by atoms with Gasteiger partial charge in [-0.3, -0.25) is 19.1 Å². The van der Waals surface area contributed by atoms with Crippen LogP contribution in [0.3, 0.4) is 0 Å². The molecule has 3 rings (SSSR count). The van der Waals surface area contributed by atoms with E-state index in [0.717, 1.165) is 5.56 Å². The van der Waals surface area contributed by atoms with Crippen LogP contribution in [0.2, 0.25) is 0 Å². The van der Waals surface area contributed by atoms with Gasteiger partial charge in [-0.15, -0.1) is 0 Å². The maximum atomic E-state index is 13.2. The number of aromatic amines is 1. The van der Waals surface area contributed by atoms with E-state index in [1.54, 1.807) is 31.4 Å². The zero-order chi connectivity index (χ0) is 24.5. The molecule has 176 valence electrons. The fourth-order valence-electron chi connectivity index (χ4n) is 3.43. The highest BCUT2D eigenvalue weighted by molar-refractivity contribution is 5.98. The lowest BCUT2D eigenvalue weighted by molar-refractivity contribution is -0.117. The third-order valence-corrected chi connectivity index (χ3v) is 5.16. The predicted octanol–water partition coefficient (Wildman–Crippen LogP) is 1.52. The molecular weight excluding hydrogens is 436 g/mol. The lowest BCUT2D eigenvalue weighted by Crippen LogP contribution is -2.44. The van der Waals surface area contributed by atoms with Crippen molar-refractivity contribution in [3.05, 3.63) is 86.6 Å². The van der Waals surface area contributed by atoms with Crippen LogP contribution in [0.15, 0.2) is 64.2 Å². The van der Waals surface area contributed by atoms with Crippen molar-refractivity contribution in [1.82, 2.24) is 9.55 Å². The standard InChI is InChI=1S/C24H26N6O4/c1-34-13-5-12-29(20(31)15-27-19-10-8-17(14-25)9-11-19)21-22(26)30(24(33)28-23(21)32)16-18-6-3-2-4-7-18/h2-4,6-11,27H,5,12-13,15-16,26H2,1H3,(H,28,32,33). The molecule has 1 aromatic heterocycles. The molecule has 10 nitrogen and oxygen atoms in total. The molecule has 0 unspecified atom stereocenters. The summed E-state index contributed by atoms with van der Waals surface area (Å²) in [4.78, 5) is 42.0. The van der Waals surface area contributed by atoms with Crippen molar-refractivity contribution in [2.24, 2.45) is 0 Å². The fraction of sp³-hybridized carbons (Fsp3) is 0.250. The summed E-state index contributed by atoms with van der Waals surface area (Å²) in [5, 5.41) is 11.9. The number of ether oxygens (including phenoxy) is 1. The van der Waals surface area contributed by atoms with Crippen molar-refractivity contribution >= 4 is 23.1 Å². The van der Waals surface area contributed by atoms with E-state index < -0.39 is 17.2 Å². The second-order valence-corrected chi connectivity index (χ2v) is 7.50. The van der Waals surface area contributed by atoms with Gasteiger partial charge in [0.05, 0.1) is 24.7 Å². The minimum atomic E-state index is -0.740. The number of aromatic nitrogens is 2. The quantitative estimate of drug-likeness (QED) is 0.387. The van der Waals surface area contributed by atoms with Crippen molar-refractivity contribution in [3.63, 3.8) is 0 Å². The van der Waals surface area contributed by atoms with E-state index >= 15 is 0 Å². The minimum Gasteiger partial charge on any atom is -0.385 e. The summed E-state index contributed by atoms with van der Waals surface area (Å²) in [6.45, 7) is 0.543. The number of nitriles is 1. The Hall–Kier alpha value is -4.36. The van der Waals surface area contributed by atoms with Crippen molar-refractivity contribution in [2.45, 2.75) is 13.0 Å². The average Bonchev–Trinajstić information content (AvgIpc) is 2.85. The first-order valence-electron chi connectivity index (χ1n) is 10.6. The van der Waals surface area contributed by atoms with Crippen molar-refractivity contribution in [3.8, 4) is 6.07 Å². The van der Waals surface area contributed by atoms with Gasteiger partial charge in [-0.2, -0.15) is 5.26 Å². The van der Waals surface area contributed by atoms with Gasteiger partial charge in [0.15, 0.2) is 5.69 Å². The van der Waals surface area contributed by atoms with Crippen LogP contribution in [0.5, 0.6) is 0 Å². The molecule has 0 fully saturated rings. The van der Waals surface area contributed by atoms with Crippen LogP contribution < -0.4 is 27.2 Å². The van der Waals surface area contributed by atoms with Gasteiger partial charge in [0.2, 0.25) is 5.91 Å². The molecule has 0 aliphatic heterocycles. The Morgan fingerprint density at radius 1 is 1.18 bits per heavy atom. The summed E-state index contributed by atoms with van der Waals surface area (Å²) < 4.78 is 6.32. The van der Waals surface area contributed by atoms with Gasteiger partial charge in [-0.25, -0.2) is 4.79 Å². The molecule has 0 aliphatic carbocycles. The van der Waals surface area contributed by atoms with Crippen molar-refractivity contribution in [2.75, 3.05) is 42.8 Å². The van der Waals surface area contributed by atoms with Gasteiger partial charge in [0, 0.05) is 25.9 Å². The molecule has 10 heteroatoms. The first-order chi connectivity index (χ1) is 16.4. The number of nitrogen functional groups attached to an aromatic ring is 1. The first-order valence-corrected chi connectivity index (χ1v) is 10.6. The molecule has 0 spiro atoms. The second-order valence-electron chi connectivity index (χ2n) is 7.50. The molecule has 0 aliphatic rings. The molecule has 1 amide bonds. The van der Waals surface area contributed by atoms with Gasteiger partial charge < -0.3 is 20.7 Å². The summed E-state index contributed by atoms with van der Waals surface area (Å²) >= 11 is 0. The zero-order valence-electron chi connectivity index (χ0n) is 18.8. The molecule has 0 saturated heterocycles. The highest BCUT2D eigenvalue weighted by Crippen LogP contribution is 2.19. The predicted molar refractivity (Wildman–Crippen MR) is 130 cm³/mol. The van der Waals surface area contributed by atoms with Crippen LogP contribution in [-0.4, -0.2) is 42.3 Å². The van der Waals surface area contributed by atoms with Crippen LogP contribution in [0.4, 0.5) is 17.2 Å². The number of amides is 1. The van der Waals surface area contributed by atoms with Crippen LogP contribution in [0.25, 0.3) is 0 Å². The van der Waals surface area contributed by atoms with Crippen molar-refractivity contribution < 1.29 is 9.53 Å². The van der Waals surface area contributed by atoms with Crippen LogP contribution in [0.1, 0.15) is 17.5 Å². The SMILES string of the molecule is COCCCN(C(=O)CNc1ccc(C#N)cc1)c1c(N)n(Cc2ccccc2)c(=O)[nH]c1=O. The highest BCUT2D eigenvalue weighted by Gasteiger charge is 2.24. The summed E-state index contributed by atoms with van der Waals surface area (Å²) in [6, 6.07) is 17.8. The summed E-state index contributed by atoms with van der Waals surface area (Å²) in [6.07, 6.45) is 0.454. The number of H-pyrrole nitrogens is 1. The van der Waals surface area contributed by atoms with E-state index in [4.69, 9.17) is 15.7 Å². The molecule has 0 saturated carbocycles. The maximum Gasteiger partial charge on any atom is 0.330 e. The van der Waals surface area contributed by atoms with E-state index in [0.29, 0.717) is 24.3 Å². The number of benzene rings is 2. The number of anilines is 3. The molecule has 4 N–H and O–H groups in total. The third kappa shape index (κ3) is 5.90. The van der Waals surface area contributed by atoms with Gasteiger partial charge in [0.25, 0.3) is 5.56 Å². The van der Waals surface area contributed by atoms with Gasteiger partial charge in [0.1, 0.15) is 5.82 Å². The monoisotopic (exact) mass is 462 g/mol. The molecule has 2 aromatic carbocycles. The lowest BCUT2D eigenvalue weighted by Gasteiger charge is -2.25. The Morgan fingerprint density at radius 3 is 2.53 bits per heavy atom. The number of carbonyl (C=O) groups is 1. The largest absolute Gasteiger partial charge is 0.385 e. The molecular formula is C24H26N6O4.